The average Bonchev–Trinajstić information content (AvgIpc) is 2.74. The van der Waals surface area contributed by atoms with E-state index in [0.717, 1.165) is 8.26 Å². The molecule has 1 aromatic heterocycles. The number of thiophene rings is 1. The molecule has 0 saturated carbocycles. The van der Waals surface area contributed by atoms with Crippen LogP contribution in [0.3, 0.4) is 0 Å². The van der Waals surface area contributed by atoms with Crippen LogP contribution in [0.4, 0.5) is 0 Å². The molecule has 1 heterocycles. The number of rotatable bonds is 2. The first-order chi connectivity index (χ1) is 9.25. The van der Waals surface area contributed by atoms with Gasteiger partial charge in [0, 0.05) is 9.35 Å². The van der Waals surface area contributed by atoms with Crippen LogP contribution in [0.1, 0.15) is 43.6 Å². The monoisotopic (exact) mass is 434 g/mol. The van der Waals surface area contributed by atoms with Crippen molar-refractivity contribution in [3.8, 4) is 0 Å². The number of benzene rings is 1. The molecule has 1 atom stereocenters. The van der Waals surface area contributed by atoms with E-state index in [1.54, 1.807) is 11.3 Å². The predicted molar refractivity (Wildman–Crippen MR) is 97.5 cm³/mol. The molecule has 0 bridgehead atoms. The van der Waals surface area contributed by atoms with E-state index in [2.05, 4.69) is 72.5 Å². The molecule has 1 unspecified atom stereocenters. The lowest BCUT2D eigenvalue weighted by Gasteiger charge is -2.21. The summed E-state index contributed by atoms with van der Waals surface area (Å²) >= 11 is 15.6. The molecule has 0 aliphatic rings. The zero-order valence-corrected chi connectivity index (χ0v) is 16.9. The maximum atomic E-state index is 6.79. The second-order valence-electron chi connectivity index (χ2n) is 5.17. The SMILES string of the molecule is Cc1c(C)c(C)c(C(Cl)c2cc(Br)c(Br)s2)c(C)c1C. The molecule has 0 aliphatic heterocycles. The van der Waals surface area contributed by atoms with Crippen molar-refractivity contribution < 1.29 is 0 Å². The molecule has 0 radical (unpaired) electrons. The standard InChI is InChI=1S/C16H17Br2ClS/c1-7-8(2)10(4)14(11(5)9(7)3)15(19)13-6-12(17)16(18)20-13/h6,15H,1-5H3. The van der Waals surface area contributed by atoms with Crippen LogP contribution >= 0.6 is 54.8 Å². The van der Waals surface area contributed by atoms with Crippen LogP contribution in [0, 0.1) is 34.6 Å². The van der Waals surface area contributed by atoms with Crippen LogP contribution in [-0.2, 0) is 0 Å². The summed E-state index contributed by atoms with van der Waals surface area (Å²) in [5, 5.41) is -0.0967. The molecule has 108 valence electrons. The Balaban J connectivity index is 2.63. The molecule has 0 nitrogen and oxygen atoms in total. The number of alkyl halides is 1. The maximum Gasteiger partial charge on any atom is 0.0933 e. The van der Waals surface area contributed by atoms with E-state index in [9.17, 15) is 0 Å². The molecule has 0 fully saturated rings. The lowest BCUT2D eigenvalue weighted by Crippen LogP contribution is -2.05. The van der Waals surface area contributed by atoms with Crippen LogP contribution in [0.15, 0.2) is 14.3 Å². The van der Waals surface area contributed by atoms with Gasteiger partial charge in [0.2, 0.25) is 0 Å². The van der Waals surface area contributed by atoms with Crippen molar-refractivity contribution in [1.29, 1.82) is 0 Å². The molecule has 0 amide bonds. The molecule has 2 aromatic rings. The Kier molecular flexibility index (Phi) is 5.06. The van der Waals surface area contributed by atoms with Crippen molar-refractivity contribution in [3.63, 3.8) is 0 Å². The molecule has 0 aliphatic carbocycles. The third-order valence-corrected chi connectivity index (χ3v) is 8.13. The number of hydrogen-bond donors (Lipinski definition) is 0. The molecule has 4 heteroatoms. The summed E-state index contributed by atoms with van der Waals surface area (Å²) in [7, 11) is 0. The second kappa shape index (κ2) is 6.12. The Morgan fingerprint density at radius 2 is 1.35 bits per heavy atom. The van der Waals surface area contributed by atoms with Crippen LogP contribution < -0.4 is 0 Å². The highest BCUT2D eigenvalue weighted by Gasteiger charge is 2.22. The Morgan fingerprint density at radius 3 is 1.75 bits per heavy atom. The van der Waals surface area contributed by atoms with Gasteiger partial charge in [0.05, 0.1) is 9.16 Å². The van der Waals surface area contributed by atoms with Crippen molar-refractivity contribution in [2.24, 2.45) is 0 Å². The third-order valence-electron chi connectivity index (χ3n) is 4.23. The van der Waals surface area contributed by atoms with E-state index in [-0.39, 0.29) is 5.38 Å². The van der Waals surface area contributed by atoms with Crippen molar-refractivity contribution >= 4 is 54.8 Å². The first-order valence-corrected chi connectivity index (χ1v) is 9.25. The minimum absolute atomic E-state index is 0.0967. The van der Waals surface area contributed by atoms with Gasteiger partial charge in [-0.25, -0.2) is 0 Å². The zero-order chi connectivity index (χ0) is 15.2. The van der Waals surface area contributed by atoms with Crippen molar-refractivity contribution in [1.82, 2.24) is 0 Å². The Morgan fingerprint density at radius 1 is 0.900 bits per heavy atom. The average molecular weight is 437 g/mol. The maximum absolute atomic E-state index is 6.79. The smallest absolute Gasteiger partial charge is 0.0933 e. The summed E-state index contributed by atoms with van der Waals surface area (Å²) in [4.78, 5) is 1.17. The summed E-state index contributed by atoms with van der Waals surface area (Å²) in [6.45, 7) is 10.9. The van der Waals surface area contributed by atoms with Crippen LogP contribution in [0.25, 0.3) is 0 Å². The topological polar surface area (TPSA) is 0 Å². The molecular weight excluding hydrogens is 420 g/mol. The molecule has 0 N–H and O–H groups in total. The normalized spacial score (nSPS) is 12.8. The lowest BCUT2D eigenvalue weighted by atomic mass is 9.88. The Bertz CT molecular complexity index is 625. The molecular formula is C16H17Br2ClS. The van der Waals surface area contributed by atoms with E-state index in [1.807, 2.05) is 0 Å². The lowest BCUT2D eigenvalue weighted by molar-refractivity contribution is 1.05. The fourth-order valence-electron chi connectivity index (χ4n) is 2.54. The summed E-state index contributed by atoms with van der Waals surface area (Å²) < 4.78 is 2.16. The van der Waals surface area contributed by atoms with Gasteiger partial charge < -0.3 is 0 Å². The molecule has 2 rings (SSSR count). The predicted octanol–water partition coefficient (Wildman–Crippen LogP) is 7.14. The third kappa shape index (κ3) is 2.75. The highest BCUT2D eigenvalue weighted by atomic mass is 79.9. The van der Waals surface area contributed by atoms with Gasteiger partial charge in [-0.2, -0.15) is 0 Å². The first kappa shape index (κ1) is 16.5. The molecule has 0 spiro atoms. The van der Waals surface area contributed by atoms with Crippen LogP contribution in [0.5, 0.6) is 0 Å². The highest BCUT2D eigenvalue weighted by Crippen LogP contribution is 2.43. The quantitative estimate of drug-likeness (QED) is 0.439. The Hall–Kier alpha value is 0.170. The number of halogens is 3. The van der Waals surface area contributed by atoms with E-state index in [1.165, 1.54) is 38.3 Å². The summed E-state index contributed by atoms with van der Waals surface area (Å²) in [5.41, 5.74) is 7.96. The fourth-order valence-corrected chi connectivity index (χ4v) is 5.14. The second-order valence-corrected chi connectivity index (χ2v) is 8.86. The zero-order valence-electron chi connectivity index (χ0n) is 12.2. The largest absolute Gasteiger partial charge is 0.130 e. The van der Waals surface area contributed by atoms with E-state index >= 15 is 0 Å². The Labute approximate surface area is 146 Å². The van der Waals surface area contributed by atoms with E-state index in [4.69, 9.17) is 11.6 Å². The van der Waals surface area contributed by atoms with E-state index < -0.39 is 0 Å². The van der Waals surface area contributed by atoms with Crippen LogP contribution in [0.2, 0.25) is 0 Å². The first-order valence-electron chi connectivity index (χ1n) is 6.41. The highest BCUT2D eigenvalue weighted by molar-refractivity contribution is 9.13. The summed E-state index contributed by atoms with van der Waals surface area (Å²) in [6.07, 6.45) is 0. The molecule has 20 heavy (non-hydrogen) atoms. The van der Waals surface area contributed by atoms with E-state index in [0.29, 0.717) is 0 Å². The van der Waals surface area contributed by atoms with Gasteiger partial charge in [-0.3, -0.25) is 0 Å². The molecule has 0 saturated heterocycles. The minimum Gasteiger partial charge on any atom is -0.130 e. The van der Waals surface area contributed by atoms with Crippen molar-refractivity contribution in [3.05, 3.63) is 52.6 Å². The van der Waals surface area contributed by atoms with Gasteiger partial charge in [-0.05, 0) is 106 Å². The van der Waals surface area contributed by atoms with Crippen molar-refractivity contribution in [2.75, 3.05) is 0 Å². The molecule has 1 aromatic carbocycles. The van der Waals surface area contributed by atoms with Crippen molar-refractivity contribution in [2.45, 2.75) is 40.0 Å². The van der Waals surface area contributed by atoms with Gasteiger partial charge in [0.15, 0.2) is 0 Å². The van der Waals surface area contributed by atoms with Crippen LogP contribution in [-0.4, -0.2) is 0 Å². The van der Waals surface area contributed by atoms with Gasteiger partial charge in [-0.15, -0.1) is 22.9 Å². The van der Waals surface area contributed by atoms with Gasteiger partial charge in [0.1, 0.15) is 0 Å². The van der Waals surface area contributed by atoms with Gasteiger partial charge >= 0.3 is 0 Å². The summed E-state index contributed by atoms with van der Waals surface area (Å²) in [6, 6.07) is 2.11. The minimum atomic E-state index is -0.0967. The number of hydrogen-bond acceptors (Lipinski definition) is 1. The summed E-state index contributed by atoms with van der Waals surface area (Å²) in [5.74, 6) is 0. The van der Waals surface area contributed by atoms with Gasteiger partial charge in [0.25, 0.3) is 0 Å². The van der Waals surface area contributed by atoms with Gasteiger partial charge in [-0.1, -0.05) is 0 Å². The fraction of sp³-hybridized carbons (Fsp3) is 0.375.